The SMILES string of the molecule is CN(CCc1noc(COc2ccc(Cl)cc2)n1)C(=O)NC1CCCCC1. The Hall–Kier alpha value is -2.28. The lowest BCUT2D eigenvalue weighted by atomic mass is 9.96. The van der Waals surface area contributed by atoms with Crippen molar-refractivity contribution in [3.8, 4) is 5.75 Å². The molecule has 0 unspecified atom stereocenters. The second-order valence-corrected chi connectivity index (χ2v) is 7.24. The van der Waals surface area contributed by atoms with Crippen molar-refractivity contribution in [1.82, 2.24) is 20.4 Å². The number of likely N-dealkylation sites (N-methyl/N-ethyl adjacent to an activating group) is 1. The molecular weight excluding hydrogens is 368 g/mol. The number of hydrogen-bond donors (Lipinski definition) is 1. The Morgan fingerprint density at radius 2 is 2.04 bits per heavy atom. The maximum atomic E-state index is 12.2. The molecule has 146 valence electrons. The van der Waals surface area contributed by atoms with E-state index in [0.717, 1.165) is 12.8 Å². The van der Waals surface area contributed by atoms with Gasteiger partial charge in [0.1, 0.15) is 5.75 Å². The van der Waals surface area contributed by atoms with Crippen LogP contribution < -0.4 is 10.1 Å². The molecule has 1 aromatic heterocycles. The fourth-order valence-corrected chi connectivity index (χ4v) is 3.15. The second kappa shape index (κ2) is 9.60. The number of nitrogens with one attached hydrogen (secondary N) is 1. The van der Waals surface area contributed by atoms with Crippen LogP contribution in [0.15, 0.2) is 28.8 Å². The Kier molecular flexibility index (Phi) is 6.92. The van der Waals surface area contributed by atoms with Gasteiger partial charge in [-0.2, -0.15) is 4.98 Å². The molecule has 0 aliphatic heterocycles. The second-order valence-electron chi connectivity index (χ2n) is 6.80. The Morgan fingerprint density at radius 3 is 2.78 bits per heavy atom. The minimum Gasteiger partial charge on any atom is -0.484 e. The van der Waals surface area contributed by atoms with Crippen molar-refractivity contribution < 1.29 is 14.1 Å². The summed E-state index contributed by atoms with van der Waals surface area (Å²) in [5.41, 5.74) is 0. The Bertz CT molecular complexity index is 729. The molecule has 0 saturated heterocycles. The van der Waals surface area contributed by atoms with E-state index >= 15 is 0 Å². The molecule has 2 aromatic rings. The lowest BCUT2D eigenvalue weighted by Gasteiger charge is -2.26. The summed E-state index contributed by atoms with van der Waals surface area (Å²) < 4.78 is 10.8. The molecule has 0 atom stereocenters. The van der Waals surface area contributed by atoms with Crippen LogP contribution in [0.25, 0.3) is 0 Å². The van der Waals surface area contributed by atoms with Gasteiger partial charge in [0, 0.05) is 31.1 Å². The molecule has 1 fully saturated rings. The van der Waals surface area contributed by atoms with Crippen LogP contribution in [-0.2, 0) is 13.0 Å². The van der Waals surface area contributed by atoms with E-state index in [4.69, 9.17) is 20.9 Å². The van der Waals surface area contributed by atoms with Crippen LogP contribution in [0.1, 0.15) is 43.8 Å². The van der Waals surface area contributed by atoms with Gasteiger partial charge in [0.15, 0.2) is 12.4 Å². The molecule has 2 amide bonds. The highest BCUT2D eigenvalue weighted by Gasteiger charge is 2.18. The summed E-state index contributed by atoms with van der Waals surface area (Å²) in [7, 11) is 1.78. The van der Waals surface area contributed by atoms with Crippen molar-refractivity contribution >= 4 is 17.6 Å². The standard InChI is InChI=1S/C19H25ClN4O3/c1-24(19(25)21-15-5-3-2-4-6-15)12-11-17-22-18(27-23-17)13-26-16-9-7-14(20)8-10-16/h7-10,15H,2-6,11-13H2,1H3,(H,21,25). The monoisotopic (exact) mass is 392 g/mol. The van der Waals surface area contributed by atoms with Gasteiger partial charge in [-0.3, -0.25) is 0 Å². The highest BCUT2D eigenvalue weighted by Crippen LogP contribution is 2.18. The number of carbonyl (C=O) groups is 1. The van der Waals surface area contributed by atoms with E-state index in [0.29, 0.717) is 41.5 Å². The first-order valence-electron chi connectivity index (χ1n) is 9.31. The molecule has 0 spiro atoms. The highest BCUT2D eigenvalue weighted by atomic mass is 35.5. The first-order valence-corrected chi connectivity index (χ1v) is 9.69. The number of carbonyl (C=O) groups excluding carboxylic acids is 1. The number of amides is 2. The quantitative estimate of drug-likeness (QED) is 0.774. The number of urea groups is 1. The predicted molar refractivity (Wildman–Crippen MR) is 102 cm³/mol. The van der Waals surface area contributed by atoms with Crippen LogP contribution in [0.2, 0.25) is 5.02 Å². The Balaban J connectivity index is 1.40. The highest BCUT2D eigenvalue weighted by molar-refractivity contribution is 6.30. The summed E-state index contributed by atoms with van der Waals surface area (Å²) in [4.78, 5) is 18.2. The van der Waals surface area contributed by atoms with E-state index in [1.807, 2.05) is 0 Å². The van der Waals surface area contributed by atoms with Gasteiger partial charge >= 0.3 is 6.03 Å². The maximum Gasteiger partial charge on any atom is 0.317 e. The normalized spacial score (nSPS) is 14.7. The van der Waals surface area contributed by atoms with Crippen LogP contribution >= 0.6 is 11.6 Å². The van der Waals surface area contributed by atoms with Crippen LogP contribution in [0.3, 0.4) is 0 Å². The first kappa shape index (κ1) is 19.5. The third-order valence-electron chi connectivity index (χ3n) is 4.64. The van der Waals surface area contributed by atoms with Crippen molar-refractivity contribution in [3.63, 3.8) is 0 Å². The van der Waals surface area contributed by atoms with Gasteiger partial charge in [-0.15, -0.1) is 0 Å². The van der Waals surface area contributed by atoms with Crippen molar-refractivity contribution in [2.24, 2.45) is 0 Å². The summed E-state index contributed by atoms with van der Waals surface area (Å²) in [6.07, 6.45) is 6.32. The number of halogens is 1. The summed E-state index contributed by atoms with van der Waals surface area (Å²) in [6, 6.07) is 7.32. The van der Waals surface area contributed by atoms with Crippen LogP contribution in [0, 0.1) is 0 Å². The molecule has 8 heteroatoms. The minimum atomic E-state index is -0.0447. The van der Waals surface area contributed by atoms with Crippen LogP contribution in [-0.4, -0.2) is 40.7 Å². The molecule has 3 rings (SSSR count). The van der Waals surface area contributed by atoms with Gasteiger partial charge in [0.2, 0.25) is 0 Å². The summed E-state index contributed by atoms with van der Waals surface area (Å²) in [5.74, 6) is 1.63. The molecule has 1 aliphatic rings. The zero-order valence-corrected chi connectivity index (χ0v) is 16.2. The number of benzene rings is 1. The summed E-state index contributed by atoms with van der Waals surface area (Å²) in [5, 5.41) is 7.69. The fourth-order valence-electron chi connectivity index (χ4n) is 3.03. The molecular formula is C19H25ClN4O3. The average Bonchev–Trinajstić information content (AvgIpc) is 3.14. The zero-order valence-electron chi connectivity index (χ0n) is 15.5. The third kappa shape index (κ3) is 6.13. The number of ether oxygens (including phenoxy) is 1. The maximum absolute atomic E-state index is 12.2. The van der Waals surface area contributed by atoms with E-state index < -0.39 is 0 Å². The van der Waals surface area contributed by atoms with E-state index in [2.05, 4.69) is 15.5 Å². The fraction of sp³-hybridized carbons (Fsp3) is 0.526. The number of rotatable bonds is 7. The molecule has 1 aromatic carbocycles. The molecule has 1 aliphatic carbocycles. The van der Waals surface area contributed by atoms with Gasteiger partial charge in [-0.1, -0.05) is 36.0 Å². The molecule has 0 bridgehead atoms. The van der Waals surface area contributed by atoms with E-state index in [9.17, 15) is 4.79 Å². The summed E-state index contributed by atoms with van der Waals surface area (Å²) in [6.45, 7) is 0.711. The van der Waals surface area contributed by atoms with Gasteiger partial charge in [-0.05, 0) is 37.1 Å². The topological polar surface area (TPSA) is 80.5 Å². The number of aromatic nitrogens is 2. The predicted octanol–water partition coefficient (Wildman–Crippen LogP) is 3.82. The average molecular weight is 393 g/mol. The van der Waals surface area contributed by atoms with Gasteiger partial charge in [0.05, 0.1) is 0 Å². The van der Waals surface area contributed by atoms with Crippen LogP contribution in [0.4, 0.5) is 4.79 Å². The molecule has 1 saturated carbocycles. The largest absolute Gasteiger partial charge is 0.484 e. The van der Waals surface area contributed by atoms with Gasteiger partial charge < -0.3 is 19.5 Å². The van der Waals surface area contributed by atoms with Crippen LogP contribution in [0.5, 0.6) is 5.75 Å². The van der Waals surface area contributed by atoms with Crippen molar-refractivity contribution in [3.05, 3.63) is 41.0 Å². The van der Waals surface area contributed by atoms with Gasteiger partial charge in [0.25, 0.3) is 5.89 Å². The van der Waals surface area contributed by atoms with Gasteiger partial charge in [-0.25, -0.2) is 4.79 Å². The lowest BCUT2D eigenvalue weighted by Crippen LogP contribution is -2.44. The smallest absolute Gasteiger partial charge is 0.317 e. The molecule has 27 heavy (non-hydrogen) atoms. The Labute approximate surface area is 164 Å². The summed E-state index contributed by atoms with van der Waals surface area (Å²) >= 11 is 5.84. The van der Waals surface area contributed by atoms with E-state index in [1.165, 1.54) is 19.3 Å². The number of nitrogens with zero attached hydrogens (tertiary/aromatic N) is 3. The minimum absolute atomic E-state index is 0.0447. The Morgan fingerprint density at radius 1 is 1.30 bits per heavy atom. The molecule has 1 heterocycles. The van der Waals surface area contributed by atoms with Crippen molar-refractivity contribution in [2.75, 3.05) is 13.6 Å². The number of hydrogen-bond acceptors (Lipinski definition) is 5. The molecule has 0 radical (unpaired) electrons. The van der Waals surface area contributed by atoms with Crippen molar-refractivity contribution in [1.29, 1.82) is 0 Å². The van der Waals surface area contributed by atoms with E-state index in [1.54, 1.807) is 36.2 Å². The molecule has 1 N–H and O–H groups in total. The zero-order chi connectivity index (χ0) is 19.1. The lowest BCUT2D eigenvalue weighted by molar-refractivity contribution is 0.200. The molecule has 7 nitrogen and oxygen atoms in total. The van der Waals surface area contributed by atoms with E-state index in [-0.39, 0.29) is 12.6 Å². The van der Waals surface area contributed by atoms with Crippen molar-refractivity contribution in [2.45, 2.75) is 51.2 Å². The first-order chi connectivity index (χ1) is 13.1. The third-order valence-corrected chi connectivity index (χ3v) is 4.89.